The molecule has 4 aromatic rings. The monoisotopic (exact) mass is 601 g/mol. The predicted octanol–water partition coefficient (Wildman–Crippen LogP) is 7.01. The minimum atomic E-state index is -0.364. The molecule has 3 aliphatic heterocycles. The Bertz CT molecular complexity index is 1600. The van der Waals surface area contributed by atoms with Gasteiger partial charge >= 0.3 is 0 Å². The number of aryl methyl sites for hydroxylation is 1. The number of aromatic nitrogens is 2. The SMILES string of the molecule is CCCC1CN(CCCCc2nc(N3CC4CCC(C3)N4)c3cc(Cl)c(-c4cccc5ccccc45)c(F)c3n2)CCO1. The Kier molecular flexibility index (Phi) is 8.50. The second kappa shape index (κ2) is 12.6. The third-order valence-corrected chi connectivity index (χ3v) is 9.74. The number of nitrogens with one attached hydrogen (secondary N) is 1. The summed E-state index contributed by atoms with van der Waals surface area (Å²) in [5.41, 5.74) is 1.57. The number of halogens is 2. The number of unbranched alkanes of at least 4 members (excludes halogenated alkanes) is 1. The average molecular weight is 602 g/mol. The molecule has 1 N–H and O–H groups in total. The Labute approximate surface area is 258 Å². The number of fused-ring (bicyclic) bond motifs is 4. The highest BCUT2D eigenvalue weighted by Gasteiger charge is 2.34. The molecule has 6 nitrogen and oxygen atoms in total. The quantitative estimate of drug-likeness (QED) is 0.208. The highest BCUT2D eigenvalue weighted by Crippen LogP contribution is 2.41. The van der Waals surface area contributed by atoms with Crippen LogP contribution < -0.4 is 10.2 Å². The van der Waals surface area contributed by atoms with Crippen molar-refractivity contribution in [3.8, 4) is 11.1 Å². The van der Waals surface area contributed by atoms with Crippen molar-refractivity contribution in [2.45, 2.75) is 70.1 Å². The molecule has 3 unspecified atom stereocenters. The molecule has 2 bridgehead atoms. The molecule has 0 amide bonds. The Balaban J connectivity index is 1.21. The molecule has 1 aromatic heterocycles. The van der Waals surface area contributed by atoms with Crippen molar-refractivity contribution >= 4 is 39.1 Å². The third kappa shape index (κ3) is 5.97. The molecule has 8 heteroatoms. The fraction of sp³-hybridized carbons (Fsp3) is 0.486. The molecular formula is C35H41ClFN5O. The van der Waals surface area contributed by atoms with Gasteiger partial charge in [0.25, 0.3) is 0 Å². The highest BCUT2D eigenvalue weighted by atomic mass is 35.5. The molecule has 3 aromatic carbocycles. The van der Waals surface area contributed by atoms with Gasteiger partial charge in [-0.2, -0.15) is 0 Å². The molecule has 226 valence electrons. The van der Waals surface area contributed by atoms with Crippen LogP contribution in [0.25, 0.3) is 32.8 Å². The van der Waals surface area contributed by atoms with E-state index in [0.717, 1.165) is 106 Å². The van der Waals surface area contributed by atoms with Crippen LogP contribution in [-0.4, -0.2) is 72.4 Å². The van der Waals surface area contributed by atoms with E-state index in [4.69, 9.17) is 26.3 Å². The number of anilines is 1. The zero-order chi connectivity index (χ0) is 29.3. The molecule has 0 aliphatic carbocycles. The van der Waals surface area contributed by atoms with Crippen LogP contribution >= 0.6 is 11.6 Å². The minimum Gasteiger partial charge on any atom is -0.376 e. The molecule has 0 spiro atoms. The number of hydrogen-bond acceptors (Lipinski definition) is 6. The first kappa shape index (κ1) is 28.9. The van der Waals surface area contributed by atoms with E-state index in [-0.39, 0.29) is 5.82 Å². The van der Waals surface area contributed by atoms with Crippen LogP contribution in [0, 0.1) is 5.82 Å². The maximum Gasteiger partial charge on any atom is 0.158 e. The van der Waals surface area contributed by atoms with E-state index in [9.17, 15) is 0 Å². The van der Waals surface area contributed by atoms with E-state index in [2.05, 4.69) is 22.0 Å². The molecule has 43 heavy (non-hydrogen) atoms. The second-order valence-corrected chi connectivity index (χ2v) is 12.9. The number of morpholine rings is 1. The van der Waals surface area contributed by atoms with Crippen LogP contribution in [0.1, 0.15) is 51.3 Å². The maximum absolute atomic E-state index is 16.7. The van der Waals surface area contributed by atoms with Gasteiger partial charge in [0, 0.05) is 55.6 Å². The summed E-state index contributed by atoms with van der Waals surface area (Å²) in [6.07, 6.45) is 7.68. The summed E-state index contributed by atoms with van der Waals surface area (Å²) in [6, 6.07) is 16.8. The predicted molar refractivity (Wildman–Crippen MR) is 174 cm³/mol. The lowest BCUT2D eigenvalue weighted by Gasteiger charge is -2.34. The van der Waals surface area contributed by atoms with Gasteiger partial charge in [-0.15, -0.1) is 0 Å². The van der Waals surface area contributed by atoms with Crippen molar-refractivity contribution in [1.29, 1.82) is 0 Å². The van der Waals surface area contributed by atoms with Crippen molar-refractivity contribution in [2.75, 3.05) is 44.2 Å². The Morgan fingerprint density at radius 1 is 1.00 bits per heavy atom. The number of piperazine rings is 1. The van der Waals surface area contributed by atoms with E-state index in [1.807, 2.05) is 48.5 Å². The molecule has 4 heterocycles. The number of hydrogen-bond donors (Lipinski definition) is 1. The van der Waals surface area contributed by atoms with Crippen molar-refractivity contribution in [3.05, 3.63) is 65.2 Å². The average Bonchev–Trinajstić information content (AvgIpc) is 3.36. The van der Waals surface area contributed by atoms with Gasteiger partial charge in [0.1, 0.15) is 17.2 Å². The molecule has 7 rings (SSSR count). The number of ether oxygens (including phenoxy) is 1. The topological polar surface area (TPSA) is 53.5 Å². The summed E-state index contributed by atoms with van der Waals surface area (Å²) < 4.78 is 22.7. The van der Waals surface area contributed by atoms with Crippen molar-refractivity contribution in [2.24, 2.45) is 0 Å². The maximum atomic E-state index is 16.7. The zero-order valence-electron chi connectivity index (χ0n) is 25.0. The van der Waals surface area contributed by atoms with Crippen molar-refractivity contribution in [3.63, 3.8) is 0 Å². The first-order valence-corrected chi connectivity index (χ1v) is 16.5. The summed E-state index contributed by atoms with van der Waals surface area (Å²) >= 11 is 6.93. The van der Waals surface area contributed by atoms with E-state index in [0.29, 0.717) is 45.5 Å². The molecule has 0 radical (unpaired) electrons. The number of nitrogens with zero attached hydrogens (tertiary/aromatic N) is 4. The fourth-order valence-electron chi connectivity index (χ4n) is 7.34. The summed E-state index contributed by atoms with van der Waals surface area (Å²) in [4.78, 5) is 14.8. The van der Waals surface area contributed by atoms with Gasteiger partial charge in [0.15, 0.2) is 5.82 Å². The van der Waals surface area contributed by atoms with Gasteiger partial charge in [-0.3, -0.25) is 4.90 Å². The lowest BCUT2D eigenvalue weighted by molar-refractivity contribution is -0.0325. The van der Waals surface area contributed by atoms with Gasteiger partial charge in [-0.1, -0.05) is 67.4 Å². The lowest BCUT2D eigenvalue weighted by atomic mass is 9.96. The van der Waals surface area contributed by atoms with Gasteiger partial charge in [0.05, 0.1) is 17.7 Å². The molecular weight excluding hydrogens is 561 g/mol. The Hall–Kier alpha value is -2.84. The van der Waals surface area contributed by atoms with Crippen LogP contribution in [0.4, 0.5) is 10.2 Å². The van der Waals surface area contributed by atoms with Gasteiger partial charge in [0.2, 0.25) is 0 Å². The van der Waals surface area contributed by atoms with Crippen LogP contribution in [0.3, 0.4) is 0 Å². The number of benzene rings is 3. The molecule has 3 aliphatic rings. The van der Waals surface area contributed by atoms with Crippen LogP contribution in [0.15, 0.2) is 48.5 Å². The summed E-state index contributed by atoms with van der Waals surface area (Å²) in [5, 5.41) is 6.83. The normalized spacial score (nSPS) is 22.6. The van der Waals surface area contributed by atoms with E-state index >= 15 is 4.39 Å². The standard InChI is InChI=1S/C35H41ClFN5O/c1-2-8-26-22-41(17-18-43-26)16-6-5-13-31-39-34-29(35(40-31)42-20-24-14-15-25(21-42)38-24)19-30(36)32(33(34)37)28-12-7-10-23-9-3-4-11-27(23)28/h3-4,7,9-12,19,24-26,38H,2,5-6,8,13-18,20-22H2,1H3. The molecule has 0 saturated carbocycles. The van der Waals surface area contributed by atoms with Gasteiger partial charge in [-0.25, -0.2) is 14.4 Å². The molecule has 3 atom stereocenters. The van der Waals surface area contributed by atoms with E-state index in [1.54, 1.807) is 0 Å². The van der Waals surface area contributed by atoms with Crippen LogP contribution in [-0.2, 0) is 11.2 Å². The van der Waals surface area contributed by atoms with E-state index < -0.39 is 0 Å². The summed E-state index contributed by atoms with van der Waals surface area (Å²) in [7, 11) is 0. The lowest BCUT2D eigenvalue weighted by Crippen LogP contribution is -2.51. The minimum absolute atomic E-state index is 0.352. The fourth-order valence-corrected chi connectivity index (χ4v) is 7.63. The zero-order valence-corrected chi connectivity index (χ0v) is 25.8. The summed E-state index contributed by atoms with van der Waals surface area (Å²) in [5.74, 6) is 1.17. The third-order valence-electron chi connectivity index (χ3n) is 9.44. The largest absolute Gasteiger partial charge is 0.376 e. The van der Waals surface area contributed by atoms with Crippen LogP contribution in [0.5, 0.6) is 0 Å². The smallest absolute Gasteiger partial charge is 0.158 e. The van der Waals surface area contributed by atoms with Gasteiger partial charge in [-0.05, 0) is 61.1 Å². The highest BCUT2D eigenvalue weighted by molar-refractivity contribution is 6.35. The first-order valence-electron chi connectivity index (χ1n) is 16.1. The van der Waals surface area contributed by atoms with Crippen molar-refractivity contribution in [1.82, 2.24) is 20.2 Å². The Morgan fingerprint density at radius 2 is 1.81 bits per heavy atom. The molecule has 3 saturated heterocycles. The summed E-state index contributed by atoms with van der Waals surface area (Å²) in [6.45, 7) is 7.80. The van der Waals surface area contributed by atoms with Gasteiger partial charge < -0.3 is 15.0 Å². The van der Waals surface area contributed by atoms with Crippen molar-refractivity contribution < 1.29 is 9.13 Å². The molecule has 3 fully saturated rings. The number of rotatable bonds is 9. The Morgan fingerprint density at radius 3 is 2.65 bits per heavy atom. The van der Waals surface area contributed by atoms with E-state index in [1.165, 1.54) is 0 Å². The van der Waals surface area contributed by atoms with Crippen LogP contribution in [0.2, 0.25) is 5.02 Å². The first-order chi connectivity index (χ1) is 21.1. The second-order valence-electron chi connectivity index (χ2n) is 12.5.